The number of carbonyl (C=O) groups excluding carboxylic acids is 2. The molecule has 0 heterocycles. The van der Waals surface area contributed by atoms with E-state index in [1.807, 2.05) is 48.5 Å². The molecule has 0 aliphatic carbocycles. The average molecular weight is 443 g/mol. The van der Waals surface area contributed by atoms with E-state index in [1.165, 1.54) is 5.56 Å². The molecule has 4 N–H and O–H groups in total. The van der Waals surface area contributed by atoms with Crippen LogP contribution in [-0.2, 0) is 11.2 Å². The van der Waals surface area contributed by atoms with Gasteiger partial charge in [-0.05, 0) is 54.7 Å². The molecule has 0 saturated heterocycles. The smallest absolute Gasteiger partial charge is 0.338 e. The Hall–Kier alpha value is -3.86. The van der Waals surface area contributed by atoms with Crippen LogP contribution in [0.2, 0.25) is 0 Å². The lowest BCUT2D eigenvalue weighted by Crippen LogP contribution is -2.07. The first-order chi connectivity index (χ1) is 16.0. The van der Waals surface area contributed by atoms with E-state index in [0.717, 1.165) is 37.7 Å². The average Bonchev–Trinajstić information content (AvgIpc) is 2.82. The molecule has 0 aliphatic rings. The quantitative estimate of drug-likeness (QED) is 0.130. The van der Waals surface area contributed by atoms with Gasteiger partial charge in [0.15, 0.2) is 5.78 Å². The number of hydrogen-bond acceptors (Lipinski definition) is 5. The topological polar surface area (TPSA) is 95.4 Å². The third-order valence-electron chi connectivity index (χ3n) is 5.27. The second kappa shape index (κ2) is 12.2. The predicted molar refractivity (Wildman–Crippen MR) is 134 cm³/mol. The Morgan fingerprint density at radius 3 is 2.12 bits per heavy atom. The molecule has 170 valence electrons. The Morgan fingerprint density at radius 2 is 1.42 bits per heavy atom. The van der Waals surface area contributed by atoms with Crippen LogP contribution >= 0.6 is 0 Å². The van der Waals surface area contributed by atoms with Crippen LogP contribution in [0.15, 0.2) is 78.9 Å². The summed E-state index contributed by atoms with van der Waals surface area (Å²) >= 11 is 0. The van der Waals surface area contributed by atoms with Gasteiger partial charge in [-0.3, -0.25) is 4.79 Å². The molecule has 0 aliphatic heterocycles. The molecule has 5 nitrogen and oxygen atoms in total. The summed E-state index contributed by atoms with van der Waals surface area (Å²) in [5.41, 5.74) is 15.7. The van der Waals surface area contributed by atoms with Crippen molar-refractivity contribution >= 4 is 29.2 Å². The predicted octanol–water partition coefficient (Wildman–Crippen LogP) is 5.71. The number of nitrogen functional groups attached to an aromatic ring is 2. The molecule has 0 amide bonds. The van der Waals surface area contributed by atoms with Gasteiger partial charge in [0.1, 0.15) is 0 Å². The SMILES string of the molecule is Nc1cc(N)cc(C(=O)OCCCCCCc2ccc(/C=C/C(=O)c3ccccc3)cc2)c1. The van der Waals surface area contributed by atoms with Gasteiger partial charge >= 0.3 is 5.97 Å². The molecular weight excluding hydrogens is 412 g/mol. The number of nitrogens with two attached hydrogens (primary N) is 2. The first-order valence-corrected chi connectivity index (χ1v) is 11.2. The van der Waals surface area contributed by atoms with E-state index in [4.69, 9.17) is 16.2 Å². The summed E-state index contributed by atoms with van der Waals surface area (Å²) in [7, 11) is 0. The lowest BCUT2D eigenvalue weighted by atomic mass is 10.0. The molecule has 0 atom stereocenters. The van der Waals surface area contributed by atoms with E-state index >= 15 is 0 Å². The summed E-state index contributed by atoms with van der Waals surface area (Å²) in [6, 6.07) is 22.3. The van der Waals surface area contributed by atoms with E-state index < -0.39 is 5.97 Å². The van der Waals surface area contributed by atoms with Gasteiger partial charge in [-0.2, -0.15) is 0 Å². The van der Waals surface area contributed by atoms with Gasteiger partial charge in [-0.25, -0.2) is 4.79 Å². The minimum Gasteiger partial charge on any atom is -0.462 e. The first-order valence-electron chi connectivity index (χ1n) is 11.2. The minimum absolute atomic E-state index is 0.00221. The van der Waals surface area contributed by atoms with Gasteiger partial charge < -0.3 is 16.2 Å². The fourth-order valence-corrected chi connectivity index (χ4v) is 3.49. The van der Waals surface area contributed by atoms with Crippen LogP contribution in [0.3, 0.4) is 0 Å². The number of rotatable bonds is 11. The largest absolute Gasteiger partial charge is 0.462 e. The number of hydrogen-bond donors (Lipinski definition) is 2. The Balaban J connectivity index is 1.31. The maximum Gasteiger partial charge on any atom is 0.338 e. The number of allylic oxidation sites excluding steroid dienone is 1. The third-order valence-corrected chi connectivity index (χ3v) is 5.27. The number of ketones is 1. The summed E-state index contributed by atoms with van der Waals surface area (Å²) < 4.78 is 5.30. The van der Waals surface area contributed by atoms with Gasteiger partial charge in [-0.15, -0.1) is 0 Å². The number of unbranched alkanes of at least 4 members (excludes halogenated alkanes) is 3. The van der Waals surface area contributed by atoms with Gasteiger partial charge in [0.05, 0.1) is 12.2 Å². The monoisotopic (exact) mass is 442 g/mol. The van der Waals surface area contributed by atoms with Crippen molar-refractivity contribution in [3.8, 4) is 0 Å². The molecule has 0 radical (unpaired) electrons. The first kappa shape index (κ1) is 23.8. The van der Waals surface area contributed by atoms with Crippen molar-refractivity contribution in [2.75, 3.05) is 18.1 Å². The van der Waals surface area contributed by atoms with E-state index in [2.05, 4.69) is 12.1 Å². The fourth-order valence-electron chi connectivity index (χ4n) is 3.49. The molecule has 0 saturated carbocycles. The molecule has 33 heavy (non-hydrogen) atoms. The van der Waals surface area contributed by atoms with Gasteiger partial charge in [0.2, 0.25) is 0 Å². The third kappa shape index (κ3) is 7.96. The van der Waals surface area contributed by atoms with Gasteiger partial charge in [0, 0.05) is 16.9 Å². The molecule has 3 rings (SSSR count). The second-order valence-corrected chi connectivity index (χ2v) is 7.99. The molecule has 3 aromatic carbocycles. The van der Waals surface area contributed by atoms with Crippen molar-refractivity contribution in [1.29, 1.82) is 0 Å². The Morgan fingerprint density at radius 1 is 0.758 bits per heavy atom. The standard InChI is InChI=1S/C28H30N2O3/c29-25-18-24(19-26(30)20-25)28(32)33-17-7-2-1-4-8-21-11-13-22(14-12-21)15-16-27(31)23-9-5-3-6-10-23/h3,5-6,9-16,18-20H,1-2,4,7-8,17,29-30H2/b16-15+. The van der Waals surface area contributed by atoms with Crippen LogP contribution in [0, 0.1) is 0 Å². The highest BCUT2D eigenvalue weighted by molar-refractivity contribution is 6.06. The molecule has 0 spiro atoms. The van der Waals surface area contributed by atoms with Crippen molar-refractivity contribution in [2.45, 2.75) is 32.1 Å². The Kier molecular flexibility index (Phi) is 8.83. The summed E-state index contributed by atoms with van der Waals surface area (Å²) in [5.74, 6) is -0.393. The van der Waals surface area contributed by atoms with Crippen LogP contribution in [0.1, 0.15) is 57.5 Å². The number of aryl methyl sites for hydroxylation is 1. The lowest BCUT2D eigenvalue weighted by molar-refractivity contribution is 0.0497. The van der Waals surface area contributed by atoms with E-state index in [0.29, 0.717) is 29.1 Å². The summed E-state index contributed by atoms with van der Waals surface area (Å²) in [5, 5.41) is 0. The molecule has 0 bridgehead atoms. The molecule has 0 fully saturated rings. The summed E-state index contributed by atoms with van der Waals surface area (Å²) in [4.78, 5) is 24.2. The van der Waals surface area contributed by atoms with Crippen molar-refractivity contribution in [3.63, 3.8) is 0 Å². The van der Waals surface area contributed by atoms with Crippen LogP contribution < -0.4 is 11.5 Å². The summed E-state index contributed by atoms with van der Waals surface area (Å²) in [6.07, 6.45) is 8.40. The van der Waals surface area contributed by atoms with Crippen molar-refractivity contribution in [3.05, 3.63) is 101 Å². The zero-order chi connectivity index (χ0) is 23.5. The van der Waals surface area contributed by atoms with Crippen molar-refractivity contribution in [1.82, 2.24) is 0 Å². The Labute approximate surface area is 195 Å². The molecule has 0 aromatic heterocycles. The van der Waals surface area contributed by atoms with Crippen molar-refractivity contribution < 1.29 is 14.3 Å². The lowest BCUT2D eigenvalue weighted by Gasteiger charge is -2.07. The van der Waals surface area contributed by atoms with Crippen LogP contribution in [0.5, 0.6) is 0 Å². The molecule has 0 unspecified atom stereocenters. The fraction of sp³-hybridized carbons (Fsp3) is 0.214. The zero-order valence-corrected chi connectivity index (χ0v) is 18.7. The van der Waals surface area contributed by atoms with E-state index in [9.17, 15) is 9.59 Å². The van der Waals surface area contributed by atoms with Crippen LogP contribution in [0.25, 0.3) is 6.08 Å². The number of benzene rings is 3. The Bertz CT molecular complexity index is 1070. The van der Waals surface area contributed by atoms with Gasteiger partial charge in [0.25, 0.3) is 0 Å². The summed E-state index contributed by atoms with van der Waals surface area (Å²) in [6.45, 7) is 0.385. The minimum atomic E-state index is -0.395. The highest BCUT2D eigenvalue weighted by Gasteiger charge is 2.08. The molecule has 5 heteroatoms. The van der Waals surface area contributed by atoms with Crippen LogP contribution in [0.4, 0.5) is 11.4 Å². The van der Waals surface area contributed by atoms with Crippen LogP contribution in [-0.4, -0.2) is 18.4 Å². The number of carbonyl (C=O) groups is 2. The van der Waals surface area contributed by atoms with E-state index in [-0.39, 0.29) is 5.78 Å². The highest BCUT2D eigenvalue weighted by Crippen LogP contribution is 2.15. The zero-order valence-electron chi connectivity index (χ0n) is 18.7. The molecule has 3 aromatic rings. The van der Waals surface area contributed by atoms with Gasteiger partial charge in [-0.1, -0.05) is 73.5 Å². The number of esters is 1. The maximum absolute atomic E-state index is 12.1. The highest BCUT2D eigenvalue weighted by atomic mass is 16.5. The van der Waals surface area contributed by atoms with E-state index in [1.54, 1.807) is 24.3 Å². The normalized spacial score (nSPS) is 10.9. The molecular formula is C28H30N2O3. The van der Waals surface area contributed by atoms with Crippen molar-refractivity contribution in [2.24, 2.45) is 0 Å². The number of anilines is 2. The number of ether oxygens (including phenoxy) is 1. The maximum atomic E-state index is 12.1. The second-order valence-electron chi connectivity index (χ2n) is 7.99.